The minimum absolute atomic E-state index is 0.0318. The predicted molar refractivity (Wildman–Crippen MR) is 115 cm³/mol. The molecule has 0 spiro atoms. The van der Waals surface area contributed by atoms with Crippen LogP contribution >= 0.6 is 0 Å². The number of carbonyl (C=O) groups is 2. The van der Waals surface area contributed by atoms with Gasteiger partial charge in [-0.2, -0.15) is 5.10 Å². The van der Waals surface area contributed by atoms with Crippen molar-refractivity contribution in [3.63, 3.8) is 0 Å². The van der Waals surface area contributed by atoms with Crippen molar-refractivity contribution in [1.82, 2.24) is 9.78 Å². The Balaban J connectivity index is 1.84. The summed E-state index contributed by atoms with van der Waals surface area (Å²) in [5.41, 5.74) is 0.0408. The van der Waals surface area contributed by atoms with Gasteiger partial charge < -0.3 is 19.5 Å². The molecule has 0 fully saturated rings. The van der Waals surface area contributed by atoms with Crippen molar-refractivity contribution >= 4 is 28.3 Å². The number of hydrogen-bond acceptors (Lipinski definition) is 7. The van der Waals surface area contributed by atoms with E-state index in [1.807, 2.05) is 0 Å². The molecule has 3 rings (SSSR count). The average molecular weight is 425 g/mol. The van der Waals surface area contributed by atoms with Gasteiger partial charge >= 0.3 is 5.97 Å². The van der Waals surface area contributed by atoms with E-state index in [0.29, 0.717) is 28.0 Å². The molecule has 0 saturated carbocycles. The number of ether oxygens (including phenoxy) is 3. The third-order valence-corrected chi connectivity index (χ3v) is 4.68. The highest BCUT2D eigenvalue weighted by molar-refractivity contribution is 6.04. The normalized spacial score (nSPS) is 11.6. The largest absolute Gasteiger partial charge is 0.497 e. The highest BCUT2D eigenvalue weighted by Gasteiger charge is 2.24. The van der Waals surface area contributed by atoms with Gasteiger partial charge in [-0.15, -0.1) is 0 Å². The van der Waals surface area contributed by atoms with Crippen LogP contribution in [0.2, 0.25) is 0 Å². The van der Waals surface area contributed by atoms with Crippen LogP contribution in [0, 0.1) is 0 Å². The molecular weight excluding hydrogens is 402 g/mol. The molecule has 0 aliphatic carbocycles. The highest BCUT2D eigenvalue weighted by Crippen LogP contribution is 2.29. The number of anilines is 1. The first-order valence-electron chi connectivity index (χ1n) is 9.63. The molecule has 1 aromatic heterocycles. The Morgan fingerprint density at radius 2 is 1.81 bits per heavy atom. The van der Waals surface area contributed by atoms with Gasteiger partial charge in [0, 0.05) is 18.0 Å². The van der Waals surface area contributed by atoms with E-state index in [-0.39, 0.29) is 17.8 Å². The number of fused-ring (bicyclic) bond motifs is 1. The van der Waals surface area contributed by atoms with Crippen molar-refractivity contribution in [2.24, 2.45) is 0 Å². The predicted octanol–water partition coefficient (Wildman–Crippen LogP) is 2.62. The SMILES string of the molecule is CCn1nc(C(=O)OC(C)C(=O)Nc2cc(OC)ccc2OC)c2ccccc2c1=O. The lowest BCUT2D eigenvalue weighted by Gasteiger charge is -2.16. The molecule has 0 aliphatic heterocycles. The summed E-state index contributed by atoms with van der Waals surface area (Å²) in [6.07, 6.45) is -1.13. The number of hydrogen-bond donors (Lipinski definition) is 1. The zero-order chi connectivity index (χ0) is 22.5. The van der Waals surface area contributed by atoms with Crippen LogP contribution in [0.4, 0.5) is 5.69 Å². The van der Waals surface area contributed by atoms with E-state index < -0.39 is 18.0 Å². The molecule has 1 N–H and O–H groups in total. The van der Waals surface area contributed by atoms with Gasteiger partial charge in [-0.05, 0) is 32.0 Å². The van der Waals surface area contributed by atoms with Crippen molar-refractivity contribution in [3.05, 3.63) is 58.5 Å². The molecule has 31 heavy (non-hydrogen) atoms. The Morgan fingerprint density at radius 1 is 1.10 bits per heavy atom. The van der Waals surface area contributed by atoms with Crippen LogP contribution in [0.1, 0.15) is 24.3 Å². The second-order valence-corrected chi connectivity index (χ2v) is 6.62. The van der Waals surface area contributed by atoms with Crippen LogP contribution in [-0.4, -0.2) is 42.0 Å². The summed E-state index contributed by atoms with van der Waals surface area (Å²) in [6.45, 7) is 3.48. The summed E-state index contributed by atoms with van der Waals surface area (Å²) in [5, 5.41) is 7.51. The van der Waals surface area contributed by atoms with Crippen molar-refractivity contribution in [2.75, 3.05) is 19.5 Å². The van der Waals surface area contributed by atoms with Gasteiger partial charge in [0.1, 0.15) is 11.5 Å². The Labute approximate surface area is 178 Å². The van der Waals surface area contributed by atoms with Crippen LogP contribution in [0.3, 0.4) is 0 Å². The summed E-state index contributed by atoms with van der Waals surface area (Å²) in [7, 11) is 2.98. The molecule has 1 heterocycles. The van der Waals surface area contributed by atoms with Crippen molar-refractivity contribution in [1.29, 1.82) is 0 Å². The fourth-order valence-corrected chi connectivity index (χ4v) is 3.02. The Hall–Kier alpha value is -3.88. The maximum absolute atomic E-state index is 12.8. The van der Waals surface area contributed by atoms with Gasteiger partial charge in [0.2, 0.25) is 0 Å². The number of nitrogens with one attached hydrogen (secondary N) is 1. The minimum atomic E-state index is -1.13. The lowest BCUT2D eigenvalue weighted by atomic mass is 10.1. The lowest BCUT2D eigenvalue weighted by molar-refractivity contribution is -0.123. The third-order valence-electron chi connectivity index (χ3n) is 4.68. The summed E-state index contributed by atoms with van der Waals surface area (Å²) in [5.74, 6) is -0.416. The van der Waals surface area contributed by atoms with E-state index in [2.05, 4.69) is 10.4 Å². The van der Waals surface area contributed by atoms with Crippen LogP contribution in [0.5, 0.6) is 11.5 Å². The summed E-state index contributed by atoms with van der Waals surface area (Å²) in [4.78, 5) is 37.9. The van der Waals surface area contributed by atoms with E-state index in [9.17, 15) is 14.4 Å². The third kappa shape index (κ3) is 4.50. The number of benzene rings is 2. The first-order valence-corrected chi connectivity index (χ1v) is 9.63. The monoisotopic (exact) mass is 425 g/mol. The van der Waals surface area contributed by atoms with Gasteiger partial charge in [-0.1, -0.05) is 18.2 Å². The van der Waals surface area contributed by atoms with Gasteiger partial charge in [-0.25, -0.2) is 9.48 Å². The molecule has 1 amide bonds. The fraction of sp³-hybridized carbons (Fsp3) is 0.273. The molecular formula is C22H23N3O6. The lowest BCUT2D eigenvalue weighted by Crippen LogP contribution is -2.32. The van der Waals surface area contributed by atoms with Crippen LogP contribution in [-0.2, 0) is 16.1 Å². The second-order valence-electron chi connectivity index (χ2n) is 6.62. The average Bonchev–Trinajstić information content (AvgIpc) is 2.79. The molecule has 0 aliphatic rings. The van der Waals surface area contributed by atoms with E-state index in [4.69, 9.17) is 14.2 Å². The molecule has 1 unspecified atom stereocenters. The summed E-state index contributed by atoms with van der Waals surface area (Å²) < 4.78 is 16.9. The van der Waals surface area contributed by atoms with Gasteiger partial charge in [-0.3, -0.25) is 9.59 Å². The number of amides is 1. The first-order chi connectivity index (χ1) is 14.9. The fourth-order valence-electron chi connectivity index (χ4n) is 3.02. The molecule has 1 atom stereocenters. The summed E-state index contributed by atoms with van der Waals surface area (Å²) in [6, 6.07) is 11.6. The Kier molecular flexibility index (Phi) is 6.54. The van der Waals surface area contributed by atoms with Crippen LogP contribution in [0.25, 0.3) is 10.8 Å². The Morgan fingerprint density at radius 3 is 2.45 bits per heavy atom. The van der Waals surface area contributed by atoms with E-state index in [1.165, 1.54) is 25.8 Å². The molecule has 0 bridgehead atoms. The molecule has 3 aromatic rings. The smallest absolute Gasteiger partial charge is 0.360 e. The van der Waals surface area contributed by atoms with E-state index in [1.54, 1.807) is 49.4 Å². The molecule has 9 nitrogen and oxygen atoms in total. The standard InChI is InChI=1S/C22H23N3O6/c1-5-25-21(27)16-9-7-6-8-15(16)19(24-25)22(28)31-13(2)20(26)23-17-12-14(29-3)10-11-18(17)30-4/h6-13H,5H2,1-4H3,(H,23,26). The van der Waals surface area contributed by atoms with E-state index >= 15 is 0 Å². The number of aryl methyl sites for hydroxylation is 1. The molecule has 2 aromatic carbocycles. The number of carbonyl (C=O) groups excluding carboxylic acids is 2. The number of nitrogens with zero attached hydrogens (tertiary/aromatic N) is 2. The maximum Gasteiger partial charge on any atom is 0.360 e. The van der Waals surface area contributed by atoms with E-state index in [0.717, 1.165) is 0 Å². The summed E-state index contributed by atoms with van der Waals surface area (Å²) >= 11 is 0. The van der Waals surface area contributed by atoms with Crippen molar-refractivity contribution in [2.45, 2.75) is 26.5 Å². The zero-order valence-electron chi connectivity index (χ0n) is 17.7. The second kappa shape index (κ2) is 9.29. The topological polar surface area (TPSA) is 109 Å². The molecule has 162 valence electrons. The van der Waals surface area contributed by atoms with Crippen molar-refractivity contribution in [3.8, 4) is 11.5 Å². The van der Waals surface area contributed by atoms with Gasteiger partial charge in [0.05, 0.1) is 25.3 Å². The quantitative estimate of drug-likeness (QED) is 0.580. The maximum atomic E-state index is 12.8. The van der Waals surface area contributed by atoms with Gasteiger partial charge in [0.25, 0.3) is 11.5 Å². The first kappa shape index (κ1) is 21.8. The zero-order valence-corrected chi connectivity index (χ0v) is 17.7. The van der Waals surface area contributed by atoms with Gasteiger partial charge in [0.15, 0.2) is 11.8 Å². The molecule has 9 heteroatoms. The number of methoxy groups -OCH3 is 2. The molecule has 0 radical (unpaired) electrons. The number of esters is 1. The van der Waals surface area contributed by atoms with Crippen molar-refractivity contribution < 1.29 is 23.8 Å². The number of aromatic nitrogens is 2. The molecule has 0 saturated heterocycles. The highest BCUT2D eigenvalue weighted by atomic mass is 16.5. The minimum Gasteiger partial charge on any atom is -0.497 e. The number of rotatable bonds is 7. The van der Waals surface area contributed by atoms with Crippen LogP contribution in [0.15, 0.2) is 47.3 Å². The van der Waals surface area contributed by atoms with Crippen LogP contribution < -0.4 is 20.3 Å². The Bertz CT molecular complexity index is 1190.